The number of aryl methyl sites for hydroxylation is 2. The molecule has 0 nitrogen and oxygen atoms in total. The minimum absolute atomic E-state index is 0.00735. The van der Waals surface area contributed by atoms with Crippen molar-refractivity contribution in [3.8, 4) is 100 Å². The van der Waals surface area contributed by atoms with Gasteiger partial charge in [-0.15, -0.1) is 0 Å². The molecule has 0 atom stereocenters. The number of rotatable bonds is 28. The van der Waals surface area contributed by atoms with Gasteiger partial charge in [0.05, 0.1) is 0 Å². The van der Waals surface area contributed by atoms with Crippen molar-refractivity contribution in [2.45, 2.75) is 268 Å². The van der Waals surface area contributed by atoms with E-state index in [1.165, 1.54) is 179 Å². The van der Waals surface area contributed by atoms with Gasteiger partial charge in [0.2, 0.25) is 0 Å². The fourth-order valence-corrected chi connectivity index (χ4v) is 21.4. The van der Waals surface area contributed by atoms with Crippen LogP contribution in [0.5, 0.6) is 0 Å². The molecule has 566 valence electrons. The molecule has 0 bridgehead atoms. The molecule has 109 heavy (non-hydrogen) atoms. The van der Waals surface area contributed by atoms with E-state index in [2.05, 4.69) is 320 Å². The van der Waals surface area contributed by atoms with Crippen LogP contribution in [0.3, 0.4) is 0 Å². The van der Waals surface area contributed by atoms with Gasteiger partial charge in [0.1, 0.15) is 0 Å². The van der Waals surface area contributed by atoms with Gasteiger partial charge >= 0.3 is 0 Å². The van der Waals surface area contributed by atoms with E-state index in [4.69, 9.17) is 0 Å². The first-order chi connectivity index (χ1) is 52.1. The van der Waals surface area contributed by atoms with E-state index in [1.807, 2.05) is 0 Å². The Hall–Kier alpha value is -7.80. The van der Waals surface area contributed by atoms with Gasteiger partial charge < -0.3 is 0 Å². The predicted octanol–water partition coefficient (Wildman–Crippen LogP) is 31.8. The van der Waals surface area contributed by atoms with Gasteiger partial charge in [-0.05, 0) is 379 Å². The molecule has 0 heterocycles. The van der Waals surface area contributed by atoms with Gasteiger partial charge in [0, 0.05) is 27.1 Å². The minimum Gasteiger partial charge on any atom is -0.0628 e. The van der Waals surface area contributed by atoms with Gasteiger partial charge in [-0.2, -0.15) is 0 Å². The molecular formula is C109H130. The molecular weight excluding hydrogens is 1310 g/mol. The summed E-state index contributed by atoms with van der Waals surface area (Å²) in [5.41, 5.74) is 42.7. The second-order valence-electron chi connectivity index (χ2n) is 39.5. The summed E-state index contributed by atoms with van der Waals surface area (Å²) >= 11 is 0. The number of hydrogen-bond donors (Lipinski definition) is 0. The predicted molar refractivity (Wildman–Crippen MR) is 473 cm³/mol. The Morgan fingerprint density at radius 1 is 0.193 bits per heavy atom. The van der Waals surface area contributed by atoms with Crippen molar-refractivity contribution < 1.29 is 0 Å². The molecule has 0 saturated heterocycles. The highest BCUT2D eigenvalue weighted by molar-refractivity contribution is 5.97. The summed E-state index contributed by atoms with van der Waals surface area (Å²) in [5.74, 6) is 4.83. The summed E-state index contributed by atoms with van der Waals surface area (Å²) in [6.07, 6.45) is 18.7. The fourth-order valence-electron chi connectivity index (χ4n) is 21.4. The molecule has 0 radical (unpaired) electrons. The van der Waals surface area contributed by atoms with E-state index in [-0.39, 0.29) is 27.1 Å². The zero-order chi connectivity index (χ0) is 77.0. The third-order valence-corrected chi connectivity index (χ3v) is 28.2. The summed E-state index contributed by atoms with van der Waals surface area (Å²) < 4.78 is 0. The van der Waals surface area contributed by atoms with E-state index in [0.717, 1.165) is 51.4 Å². The Balaban J connectivity index is 0.876. The van der Waals surface area contributed by atoms with Crippen molar-refractivity contribution in [2.75, 3.05) is 0 Å². The Morgan fingerprint density at radius 2 is 0.413 bits per heavy atom. The molecule has 0 N–H and O–H groups in total. The van der Waals surface area contributed by atoms with Crippen LogP contribution in [0.25, 0.3) is 100 Å². The van der Waals surface area contributed by atoms with Crippen LogP contribution in [0.4, 0.5) is 0 Å². The zero-order valence-electron chi connectivity index (χ0n) is 70.8. The van der Waals surface area contributed by atoms with E-state index in [9.17, 15) is 0 Å². The van der Waals surface area contributed by atoms with Crippen LogP contribution in [-0.2, 0) is 27.1 Å². The first-order valence-electron chi connectivity index (χ1n) is 43.5. The molecule has 0 aromatic heterocycles. The van der Waals surface area contributed by atoms with E-state index >= 15 is 0 Å². The average Bonchev–Trinajstić information content (AvgIpc) is 1.56. The molecule has 0 spiro atoms. The minimum atomic E-state index is -0.178. The molecule has 0 amide bonds. The highest BCUT2D eigenvalue weighted by Gasteiger charge is 2.49. The topological polar surface area (TPSA) is 0 Å². The molecule has 0 heteroatoms. The van der Waals surface area contributed by atoms with Crippen molar-refractivity contribution in [1.82, 2.24) is 0 Å². The summed E-state index contributed by atoms with van der Waals surface area (Å²) in [7, 11) is 0. The Kier molecular flexibility index (Phi) is 20.9. The van der Waals surface area contributed by atoms with Gasteiger partial charge in [0.25, 0.3) is 0 Å². The highest BCUT2D eigenvalue weighted by Crippen LogP contribution is 2.63. The molecule has 0 saturated carbocycles. The summed E-state index contributed by atoms with van der Waals surface area (Å²) in [6.45, 7) is 48.7. The van der Waals surface area contributed by atoms with Crippen LogP contribution in [0.1, 0.15) is 294 Å². The number of fused-ring (bicyclic) bond motifs is 15. The lowest BCUT2D eigenvalue weighted by atomic mass is 9.68. The van der Waals surface area contributed by atoms with Crippen LogP contribution in [-0.4, -0.2) is 0 Å². The molecule has 0 fully saturated rings. The van der Waals surface area contributed by atoms with E-state index in [1.54, 1.807) is 38.9 Å². The summed E-state index contributed by atoms with van der Waals surface area (Å²) in [5, 5.41) is 0. The smallest absolute Gasteiger partial charge is 0.0215 e. The lowest BCUT2D eigenvalue weighted by Crippen LogP contribution is -2.27. The summed E-state index contributed by atoms with van der Waals surface area (Å²) in [4.78, 5) is 0. The van der Waals surface area contributed by atoms with Crippen molar-refractivity contribution in [3.05, 3.63) is 249 Å². The standard InChI is InChI=1S/C109H130/c1-67(2)41-49-106(50-42-68(3)4)95-27-23-21-25-83(95)85-35-29-77(59-99(85)106)78-30-36-87-88-37-31-79(61-101(88)108(100(87)60-78,53-45-71(9)10)54-46-72(11)12)80-32-38-89-90-40-34-82(64-104(90)109(102(89)62-80,55-47-73(13)14)56-48-74(15)16)92-66-98-94(93-57-75(17)76(18)58-97(93)105(98,19)20)65-91(92)81-33-39-86-84-26-22-24-28-96(84)107(103(86)63-81,51-43-69(5)6)52-44-70(7)8/h21-40,57-74H,41-56H2,1-20H3. The van der Waals surface area contributed by atoms with E-state index in [0.29, 0.717) is 47.3 Å². The Bertz CT molecular complexity index is 5020. The fraction of sp³-hybridized carbons (Fsp3) is 0.450. The van der Waals surface area contributed by atoms with Crippen LogP contribution in [0, 0.1) is 61.2 Å². The monoisotopic (exact) mass is 1440 g/mol. The van der Waals surface area contributed by atoms with Gasteiger partial charge in [0.15, 0.2) is 0 Å². The van der Waals surface area contributed by atoms with Crippen molar-refractivity contribution in [3.63, 3.8) is 0 Å². The summed E-state index contributed by atoms with van der Waals surface area (Å²) in [6, 6.07) is 76.0. The Labute approximate surface area is 660 Å². The van der Waals surface area contributed by atoms with Crippen LogP contribution < -0.4 is 0 Å². The normalized spacial score (nSPS) is 15.9. The molecule has 5 aliphatic carbocycles. The first kappa shape index (κ1) is 76.6. The quantitative estimate of drug-likeness (QED) is 0.0458. The van der Waals surface area contributed by atoms with E-state index < -0.39 is 0 Å². The maximum absolute atomic E-state index is 2.75. The molecule has 5 aliphatic rings. The van der Waals surface area contributed by atoms with Crippen LogP contribution in [0.2, 0.25) is 0 Å². The molecule has 0 aliphatic heterocycles. The third kappa shape index (κ3) is 13.4. The largest absolute Gasteiger partial charge is 0.0628 e. The van der Waals surface area contributed by atoms with Gasteiger partial charge in [-0.1, -0.05) is 258 Å². The maximum atomic E-state index is 2.75. The lowest BCUT2D eigenvalue weighted by Gasteiger charge is -2.35. The molecule has 10 aromatic rings. The number of benzene rings is 10. The molecule has 15 rings (SSSR count). The third-order valence-electron chi connectivity index (χ3n) is 28.2. The van der Waals surface area contributed by atoms with Crippen molar-refractivity contribution in [1.29, 1.82) is 0 Å². The zero-order valence-corrected chi connectivity index (χ0v) is 70.8. The highest BCUT2D eigenvalue weighted by atomic mass is 14.5. The lowest BCUT2D eigenvalue weighted by molar-refractivity contribution is 0.364. The second kappa shape index (κ2) is 29.7. The molecule has 10 aromatic carbocycles. The second-order valence-corrected chi connectivity index (χ2v) is 39.5. The van der Waals surface area contributed by atoms with Crippen LogP contribution >= 0.6 is 0 Å². The molecule has 0 unspecified atom stereocenters. The van der Waals surface area contributed by atoms with Crippen molar-refractivity contribution >= 4 is 0 Å². The van der Waals surface area contributed by atoms with Gasteiger partial charge in [-0.3, -0.25) is 0 Å². The maximum Gasteiger partial charge on any atom is 0.0215 e. The average molecular weight is 1440 g/mol. The van der Waals surface area contributed by atoms with Crippen molar-refractivity contribution in [2.24, 2.45) is 47.3 Å². The Morgan fingerprint density at radius 3 is 0.706 bits per heavy atom. The van der Waals surface area contributed by atoms with Crippen LogP contribution in [0.15, 0.2) is 182 Å². The first-order valence-corrected chi connectivity index (χ1v) is 43.5. The SMILES string of the molecule is Cc1cc2c(cc1C)C(C)(C)c1cc(-c3ccc4c(c3)C(CCC(C)C)(CCC(C)C)c3cc(-c5ccc6c(c5)C(CCC(C)C)(CCC(C)C)c5cc(-c7ccc8c(c7)C(CCC(C)C)(CCC(C)C)c7ccccc7-8)ccc5-6)ccc3-4)c(-c3ccc4c(c3)C(CCC(C)C)(CCC(C)C)c3ccccc3-4)cc1-2. The van der Waals surface area contributed by atoms with Gasteiger partial charge in [-0.25, -0.2) is 0 Å². The number of hydrogen-bond acceptors (Lipinski definition) is 0.